The second-order valence-corrected chi connectivity index (χ2v) is 2.26. The summed E-state index contributed by atoms with van der Waals surface area (Å²) in [5.41, 5.74) is 0. The van der Waals surface area contributed by atoms with Crippen molar-refractivity contribution in [2.45, 2.75) is 0 Å². The van der Waals surface area contributed by atoms with Crippen LogP contribution in [-0.2, 0) is 0 Å². The van der Waals surface area contributed by atoms with Gasteiger partial charge in [-0.2, -0.15) is 0 Å². The third-order valence-electron chi connectivity index (χ3n) is 1.29. The van der Waals surface area contributed by atoms with Crippen molar-refractivity contribution in [3.05, 3.63) is 36.7 Å². The summed E-state index contributed by atoms with van der Waals surface area (Å²) in [5, 5.41) is 5.85. The van der Waals surface area contributed by atoms with Crippen LogP contribution in [0.25, 0.3) is 0 Å². The molecule has 64 valence electrons. The average Bonchev–Trinajstić information content (AvgIpc) is 2.54. The first-order valence-corrected chi connectivity index (χ1v) is 3.96. The second kappa shape index (κ2) is 6.22. The van der Waals surface area contributed by atoms with E-state index in [0.29, 0.717) is 0 Å². The normalized spacial score (nSPS) is 17.3. The molecule has 0 radical (unpaired) electrons. The van der Waals surface area contributed by atoms with Gasteiger partial charge in [0.25, 0.3) is 0 Å². The van der Waals surface area contributed by atoms with Crippen molar-refractivity contribution < 1.29 is 0 Å². The van der Waals surface area contributed by atoms with Crippen LogP contribution in [0.15, 0.2) is 41.7 Å². The predicted molar refractivity (Wildman–Crippen MR) is 51.9 cm³/mol. The topological polar surface area (TPSA) is 36.4 Å². The van der Waals surface area contributed by atoms with E-state index >= 15 is 0 Å². The highest BCUT2D eigenvalue weighted by atomic mass is 15.0. The molecule has 2 rings (SSSR count). The maximum absolute atomic E-state index is 3.85. The third kappa shape index (κ3) is 4.33. The molecule has 0 bridgehead atoms. The van der Waals surface area contributed by atoms with Crippen LogP contribution in [0.1, 0.15) is 0 Å². The van der Waals surface area contributed by atoms with Crippen molar-refractivity contribution in [3.8, 4) is 0 Å². The lowest BCUT2D eigenvalue weighted by Gasteiger charge is -1.79. The summed E-state index contributed by atoms with van der Waals surface area (Å²) in [5.74, 6) is 0. The molecule has 0 unspecified atom stereocenters. The molecule has 0 aromatic heterocycles. The minimum atomic E-state index is 0.958. The first-order chi connectivity index (χ1) is 6.00. The number of hydrogen-bond donors (Lipinski definition) is 2. The molecule has 0 aromatic rings. The third-order valence-corrected chi connectivity index (χ3v) is 1.29. The van der Waals surface area contributed by atoms with E-state index in [1.165, 1.54) is 0 Å². The largest absolute Gasteiger partial charge is 0.375 e. The molecule has 0 fully saturated rings. The Bertz CT molecular complexity index is 194. The highest BCUT2D eigenvalue weighted by Crippen LogP contribution is 1.81. The van der Waals surface area contributed by atoms with Gasteiger partial charge >= 0.3 is 0 Å². The minimum Gasteiger partial charge on any atom is -0.375 e. The summed E-state index contributed by atoms with van der Waals surface area (Å²) in [6.07, 6.45) is 13.3. The molecule has 12 heavy (non-hydrogen) atoms. The van der Waals surface area contributed by atoms with Crippen molar-refractivity contribution in [1.29, 1.82) is 0 Å². The SMILES string of the molecule is C1=CC=CNC=C1.C1=NCCN1. The summed E-state index contributed by atoms with van der Waals surface area (Å²) < 4.78 is 0. The molecule has 0 atom stereocenters. The second-order valence-electron chi connectivity index (χ2n) is 2.26. The quantitative estimate of drug-likeness (QED) is 0.554. The van der Waals surface area contributed by atoms with E-state index in [4.69, 9.17) is 0 Å². The van der Waals surface area contributed by atoms with Crippen LogP contribution in [0, 0.1) is 0 Å². The zero-order chi connectivity index (χ0) is 8.49. The lowest BCUT2D eigenvalue weighted by molar-refractivity contribution is 0.965. The first kappa shape index (κ1) is 8.59. The van der Waals surface area contributed by atoms with Gasteiger partial charge in [0.2, 0.25) is 0 Å². The summed E-state index contributed by atoms with van der Waals surface area (Å²) in [6, 6.07) is 0. The molecule has 0 saturated heterocycles. The molecule has 0 aromatic carbocycles. The van der Waals surface area contributed by atoms with E-state index in [1.807, 2.05) is 36.7 Å². The van der Waals surface area contributed by atoms with Gasteiger partial charge in [0, 0.05) is 18.9 Å². The van der Waals surface area contributed by atoms with Gasteiger partial charge in [-0.05, 0) is 12.2 Å². The molecular weight excluding hydrogens is 150 g/mol. The average molecular weight is 163 g/mol. The van der Waals surface area contributed by atoms with Gasteiger partial charge < -0.3 is 10.6 Å². The molecule has 0 aliphatic carbocycles. The van der Waals surface area contributed by atoms with Gasteiger partial charge in [0.15, 0.2) is 0 Å². The summed E-state index contributed by atoms with van der Waals surface area (Å²) in [6.45, 7) is 1.99. The Morgan fingerprint density at radius 3 is 2.17 bits per heavy atom. The van der Waals surface area contributed by atoms with Crippen LogP contribution >= 0.6 is 0 Å². The van der Waals surface area contributed by atoms with Gasteiger partial charge in [-0.15, -0.1) is 0 Å². The number of hydrogen-bond acceptors (Lipinski definition) is 3. The highest BCUT2D eigenvalue weighted by Gasteiger charge is 1.82. The lowest BCUT2D eigenvalue weighted by atomic mass is 10.5. The zero-order valence-corrected chi connectivity index (χ0v) is 6.90. The zero-order valence-electron chi connectivity index (χ0n) is 6.90. The Balaban J connectivity index is 0.000000127. The maximum atomic E-state index is 3.85. The van der Waals surface area contributed by atoms with Gasteiger partial charge in [0.05, 0.1) is 12.9 Å². The molecule has 2 heterocycles. The van der Waals surface area contributed by atoms with Gasteiger partial charge in [-0.25, -0.2) is 0 Å². The van der Waals surface area contributed by atoms with Crippen molar-refractivity contribution in [2.75, 3.05) is 13.1 Å². The Hall–Kier alpha value is -1.51. The summed E-state index contributed by atoms with van der Waals surface area (Å²) >= 11 is 0. The van der Waals surface area contributed by atoms with Crippen LogP contribution in [0.3, 0.4) is 0 Å². The Morgan fingerprint density at radius 1 is 1.00 bits per heavy atom. The lowest BCUT2D eigenvalue weighted by Crippen LogP contribution is -2.04. The number of nitrogens with zero attached hydrogens (tertiary/aromatic N) is 1. The van der Waals surface area contributed by atoms with E-state index < -0.39 is 0 Å². The summed E-state index contributed by atoms with van der Waals surface area (Å²) in [7, 11) is 0. The van der Waals surface area contributed by atoms with Crippen LogP contribution in [0.5, 0.6) is 0 Å². The maximum Gasteiger partial charge on any atom is 0.0825 e. The molecule has 0 saturated carbocycles. The van der Waals surface area contributed by atoms with Crippen molar-refractivity contribution in [3.63, 3.8) is 0 Å². The highest BCUT2D eigenvalue weighted by molar-refractivity contribution is 5.56. The van der Waals surface area contributed by atoms with E-state index in [1.54, 1.807) is 6.34 Å². The molecule has 3 heteroatoms. The smallest absolute Gasteiger partial charge is 0.0825 e. The monoisotopic (exact) mass is 163 g/mol. The molecule has 2 aliphatic heterocycles. The Morgan fingerprint density at radius 2 is 1.75 bits per heavy atom. The minimum absolute atomic E-state index is 0.958. The number of nitrogens with one attached hydrogen (secondary N) is 2. The van der Waals surface area contributed by atoms with E-state index in [-0.39, 0.29) is 0 Å². The van der Waals surface area contributed by atoms with E-state index in [9.17, 15) is 0 Å². The van der Waals surface area contributed by atoms with Gasteiger partial charge in [-0.3, -0.25) is 4.99 Å². The standard InChI is InChI=1S/C6H7N.C3H6N2/c1-2-4-6-7-5-3-1;1-2-5-3-4-1/h1-7H;3H,1-2H2,(H,4,5). The van der Waals surface area contributed by atoms with Crippen molar-refractivity contribution >= 4 is 6.34 Å². The fourth-order valence-corrected chi connectivity index (χ4v) is 0.729. The molecule has 0 spiro atoms. The van der Waals surface area contributed by atoms with Crippen LogP contribution in [0.4, 0.5) is 0 Å². The molecular formula is C9H13N3. The van der Waals surface area contributed by atoms with Crippen molar-refractivity contribution in [2.24, 2.45) is 4.99 Å². The first-order valence-electron chi connectivity index (χ1n) is 3.96. The number of rotatable bonds is 0. The Kier molecular flexibility index (Phi) is 4.45. The van der Waals surface area contributed by atoms with Crippen LogP contribution in [-0.4, -0.2) is 19.4 Å². The van der Waals surface area contributed by atoms with Crippen LogP contribution < -0.4 is 10.6 Å². The fraction of sp³-hybridized carbons (Fsp3) is 0.222. The van der Waals surface area contributed by atoms with Crippen LogP contribution in [0.2, 0.25) is 0 Å². The molecule has 0 amide bonds. The molecule has 3 nitrogen and oxygen atoms in total. The fourth-order valence-electron chi connectivity index (χ4n) is 0.729. The number of allylic oxidation sites excluding steroid dienone is 4. The molecule has 2 N–H and O–H groups in total. The number of aliphatic imine (C=N–C) groups is 1. The van der Waals surface area contributed by atoms with Gasteiger partial charge in [0.1, 0.15) is 0 Å². The Labute approximate surface area is 72.6 Å². The van der Waals surface area contributed by atoms with Crippen molar-refractivity contribution in [1.82, 2.24) is 10.6 Å². The van der Waals surface area contributed by atoms with E-state index in [2.05, 4.69) is 15.6 Å². The summed E-state index contributed by atoms with van der Waals surface area (Å²) in [4.78, 5) is 3.85. The predicted octanol–water partition coefficient (Wildman–Crippen LogP) is 0.791. The molecule has 2 aliphatic rings. The van der Waals surface area contributed by atoms with E-state index in [0.717, 1.165) is 13.1 Å². The van der Waals surface area contributed by atoms with Gasteiger partial charge in [-0.1, -0.05) is 12.2 Å².